The number of hydrogen-bond acceptors (Lipinski definition) is 2. The third-order valence-corrected chi connectivity index (χ3v) is 4.01. The van der Waals surface area contributed by atoms with Gasteiger partial charge in [0.25, 0.3) is 0 Å². The monoisotopic (exact) mass is 216 g/mol. The number of benzene rings is 1. The molecule has 2 atom stereocenters. The predicted octanol–water partition coefficient (Wildman–Crippen LogP) is 2.05. The van der Waals surface area contributed by atoms with Crippen molar-refractivity contribution in [1.29, 1.82) is 0 Å². The van der Waals surface area contributed by atoms with Gasteiger partial charge in [-0.1, -0.05) is 32.0 Å². The number of hydrogen-bond donors (Lipinski definition) is 1. The number of rotatable bonds is 1. The maximum atomic E-state index is 3.68. The molecule has 2 aliphatic rings. The van der Waals surface area contributed by atoms with Gasteiger partial charge in [-0.2, -0.15) is 0 Å². The summed E-state index contributed by atoms with van der Waals surface area (Å²) in [6.45, 7) is 6.91. The van der Waals surface area contributed by atoms with Gasteiger partial charge < -0.3 is 10.2 Å². The second-order valence-corrected chi connectivity index (χ2v) is 5.40. The minimum Gasteiger partial charge on any atom is -0.365 e. The van der Waals surface area contributed by atoms with Crippen LogP contribution in [0, 0.1) is 5.92 Å². The highest BCUT2D eigenvalue weighted by Crippen LogP contribution is 2.33. The average Bonchev–Trinajstić information content (AvgIpc) is 2.66. The summed E-state index contributed by atoms with van der Waals surface area (Å²) in [5.41, 5.74) is 3.00. The maximum Gasteiger partial charge on any atom is 0.0456 e. The molecule has 86 valence electrons. The van der Waals surface area contributed by atoms with Crippen LogP contribution < -0.4 is 10.2 Å². The SMILES string of the molecule is CC(C)[C@@H]1CN2c3ccccc3CC2CN1. The molecule has 0 bridgehead atoms. The van der Waals surface area contributed by atoms with Crippen molar-refractivity contribution in [3.63, 3.8) is 0 Å². The van der Waals surface area contributed by atoms with E-state index in [0.29, 0.717) is 18.0 Å². The van der Waals surface area contributed by atoms with Gasteiger partial charge in [-0.05, 0) is 24.0 Å². The van der Waals surface area contributed by atoms with E-state index >= 15 is 0 Å². The van der Waals surface area contributed by atoms with Gasteiger partial charge in [0.1, 0.15) is 0 Å². The summed E-state index contributed by atoms with van der Waals surface area (Å²) in [5, 5.41) is 3.68. The van der Waals surface area contributed by atoms with Gasteiger partial charge >= 0.3 is 0 Å². The minimum absolute atomic E-state index is 0.641. The predicted molar refractivity (Wildman–Crippen MR) is 67.9 cm³/mol. The third kappa shape index (κ3) is 1.52. The van der Waals surface area contributed by atoms with Crippen LogP contribution >= 0.6 is 0 Å². The number of nitrogens with zero attached hydrogens (tertiary/aromatic N) is 1. The van der Waals surface area contributed by atoms with Crippen LogP contribution in [0.25, 0.3) is 0 Å². The topological polar surface area (TPSA) is 15.3 Å². The van der Waals surface area contributed by atoms with Crippen molar-refractivity contribution in [2.75, 3.05) is 18.0 Å². The van der Waals surface area contributed by atoms with Gasteiger partial charge in [-0.3, -0.25) is 0 Å². The summed E-state index contributed by atoms with van der Waals surface area (Å²) in [6.07, 6.45) is 1.22. The molecule has 1 saturated heterocycles. The van der Waals surface area contributed by atoms with Crippen molar-refractivity contribution in [2.24, 2.45) is 5.92 Å². The van der Waals surface area contributed by atoms with Gasteiger partial charge in [0.15, 0.2) is 0 Å². The summed E-state index contributed by atoms with van der Waals surface area (Å²) >= 11 is 0. The molecule has 1 aromatic carbocycles. The van der Waals surface area contributed by atoms with E-state index < -0.39 is 0 Å². The number of piperazine rings is 1. The van der Waals surface area contributed by atoms with Gasteiger partial charge in [-0.25, -0.2) is 0 Å². The first-order chi connectivity index (χ1) is 7.75. The molecule has 2 heterocycles. The number of nitrogens with one attached hydrogen (secondary N) is 1. The molecular formula is C14H20N2. The molecule has 1 fully saturated rings. The van der Waals surface area contributed by atoms with Crippen LogP contribution in [-0.2, 0) is 6.42 Å². The zero-order chi connectivity index (χ0) is 11.1. The van der Waals surface area contributed by atoms with Crippen LogP contribution in [-0.4, -0.2) is 25.2 Å². The van der Waals surface area contributed by atoms with Crippen LogP contribution in [0.2, 0.25) is 0 Å². The van der Waals surface area contributed by atoms with E-state index in [2.05, 4.69) is 48.3 Å². The smallest absolute Gasteiger partial charge is 0.0456 e. The summed E-state index contributed by atoms with van der Waals surface area (Å²) in [5.74, 6) is 0.716. The number of anilines is 1. The zero-order valence-corrected chi connectivity index (χ0v) is 10.1. The highest BCUT2D eigenvalue weighted by Gasteiger charge is 2.34. The normalized spacial score (nSPS) is 28.1. The highest BCUT2D eigenvalue weighted by molar-refractivity contribution is 5.60. The average molecular weight is 216 g/mol. The van der Waals surface area contributed by atoms with Gasteiger partial charge in [0, 0.05) is 30.9 Å². The first-order valence-electron chi connectivity index (χ1n) is 6.33. The summed E-state index contributed by atoms with van der Waals surface area (Å²) in [6, 6.07) is 10.2. The second-order valence-electron chi connectivity index (χ2n) is 5.40. The van der Waals surface area contributed by atoms with Crippen molar-refractivity contribution >= 4 is 5.69 Å². The number of fused-ring (bicyclic) bond motifs is 3. The van der Waals surface area contributed by atoms with Crippen LogP contribution in [0.15, 0.2) is 24.3 Å². The van der Waals surface area contributed by atoms with Crippen molar-refractivity contribution in [2.45, 2.75) is 32.4 Å². The fourth-order valence-electron chi connectivity index (χ4n) is 2.96. The first kappa shape index (κ1) is 10.2. The van der Waals surface area contributed by atoms with E-state index in [-0.39, 0.29) is 0 Å². The fraction of sp³-hybridized carbons (Fsp3) is 0.571. The Hall–Kier alpha value is -1.02. The Morgan fingerprint density at radius 3 is 2.94 bits per heavy atom. The molecule has 2 nitrogen and oxygen atoms in total. The third-order valence-electron chi connectivity index (χ3n) is 4.01. The molecule has 1 unspecified atom stereocenters. The molecule has 1 aromatic rings. The molecule has 2 heteroatoms. The Balaban J connectivity index is 1.87. The van der Waals surface area contributed by atoms with E-state index in [1.807, 2.05) is 0 Å². The lowest BCUT2D eigenvalue weighted by atomic mass is 10.00. The minimum atomic E-state index is 0.641. The van der Waals surface area contributed by atoms with E-state index in [4.69, 9.17) is 0 Å². The molecule has 16 heavy (non-hydrogen) atoms. The standard InChI is InChI=1S/C14H20N2/c1-10(2)13-9-16-12(8-15-13)7-11-5-3-4-6-14(11)16/h3-6,10,12-13,15H,7-9H2,1-2H3/t12?,13-/m0/s1. The lowest BCUT2D eigenvalue weighted by molar-refractivity contribution is 0.336. The molecule has 2 aliphatic heterocycles. The summed E-state index contributed by atoms with van der Waals surface area (Å²) < 4.78 is 0. The van der Waals surface area contributed by atoms with E-state index in [0.717, 1.165) is 6.54 Å². The van der Waals surface area contributed by atoms with Crippen molar-refractivity contribution in [3.05, 3.63) is 29.8 Å². The first-order valence-corrected chi connectivity index (χ1v) is 6.33. The fourth-order valence-corrected chi connectivity index (χ4v) is 2.96. The molecule has 3 rings (SSSR count). The molecule has 0 saturated carbocycles. The van der Waals surface area contributed by atoms with Crippen LogP contribution in [0.5, 0.6) is 0 Å². The van der Waals surface area contributed by atoms with Crippen molar-refractivity contribution in [1.82, 2.24) is 5.32 Å². The molecular weight excluding hydrogens is 196 g/mol. The zero-order valence-electron chi connectivity index (χ0n) is 10.1. The van der Waals surface area contributed by atoms with Gasteiger partial charge in [0.2, 0.25) is 0 Å². The van der Waals surface area contributed by atoms with E-state index in [9.17, 15) is 0 Å². The second kappa shape index (κ2) is 3.77. The van der Waals surface area contributed by atoms with Crippen LogP contribution in [0.3, 0.4) is 0 Å². The molecule has 0 amide bonds. The molecule has 0 aromatic heterocycles. The Morgan fingerprint density at radius 1 is 1.31 bits per heavy atom. The Morgan fingerprint density at radius 2 is 2.12 bits per heavy atom. The van der Waals surface area contributed by atoms with Gasteiger partial charge in [0.05, 0.1) is 0 Å². The number of para-hydroxylation sites is 1. The molecule has 0 spiro atoms. The van der Waals surface area contributed by atoms with E-state index in [1.165, 1.54) is 24.2 Å². The molecule has 1 N–H and O–H groups in total. The summed E-state index contributed by atoms with van der Waals surface area (Å²) in [7, 11) is 0. The Labute approximate surface area is 97.6 Å². The van der Waals surface area contributed by atoms with Crippen LogP contribution in [0.1, 0.15) is 19.4 Å². The summed E-state index contributed by atoms with van der Waals surface area (Å²) in [4.78, 5) is 2.61. The lowest BCUT2D eigenvalue weighted by Gasteiger charge is -2.39. The maximum absolute atomic E-state index is 3.68. The van der Waals surface area contributed by atoms with Crippen LogP contribution in [0.4, 0.5) is 5.69 Å². The largest absolute Gasteiger partial charge is 0.365 e. The van der Waals surface area contributed by atoms with Crippen molar-refractivity contribution < 1.29 is 0 Å². The van der Waals surface area contributed by atoms with E-state index in [1.54, 1.807) is 0 Å². The molecule has 0 radical (unpaired) electrons. The Kier molecular flexibility index (Phi) is 2.40. The quantitative estimate of drug-likeness (QED) is 0.773. The van der Waals surface area contributed by atoms with Gasteiger partial charge in [-0.15, -0.1) is 0 Å². The highest BCUT2D eigenvalue weighted by atomic mass is 15.3. The lowest BCUT2D eigenvalue weighted by Crippen LogP contribution is -2.57. The van der Waals surface area contributed by atoms with Crippen molar-refractivity contribution in [3.8, 4) is 0 Å². The Bertz CT molecular complexity index is 386. The molecule has 0 aliphatic carbocycles.